The molecule has 3 atom stereocenters. The summed E-state index contributed by atoms with van der Waals surface area (Å²) in [6, 6.07) is 2.31. The maximum Gasteiger partial charge on any atom is 0.0834 e. The number of hydrogen-bond acceptors (Lipinski definition) is 2. The monoisotopic (exact) mass is 167 g/mol. The van der Waals surface area contributed by atoms with Crippen molar-refractivity contribution >= 4 is 0 Å². The van der Waals surface area contributed by atoms with Crippen LogP contribution >= 0.6 is 0 Å². The summed E-state index contributed by atoms with van der Waals surface area (Å²) in [6.07, 6.45) is 3.11. The first-order chi connectivity index (χ1) is 5.64. The fraction of sp³-hybridized carbons (Fsp3) is 0.900. The second kappa shape index (κ2) is 3.45. The van der Waals surface area contributed by atoms with Gasteiger partial charge in [-0.05, 0) is 31.6 Å². The Balaban J connectivity index is 2.72. The Morgan fingerprint density at radius 2 is 2.42 bits per heavy atom. The molecule has 1 rings (SSSR count). The van der Waals surface area contributed by atoms with E-state index in [9.17, 15) is 5.11 Å². The van der Waals surface area contributed by atoms with Gasteiger partial charge in [0.2, 0.25) is 0 Å². The van der Waals surface area contributed by atoms with E-state index in [0.29, 0.717) is 12.3 Å². The lowest BCUT2D eigenvalue weighted by Crippen LogP contribution is -2.30. The van der Waals surface area contributed by atoms with Crippen LogP contribution in [0.15, 0.2) is 0 Å². The second-order valence-corrected chi connectivity index (χ2v) is 4.04. The quantitative estimate of drug-likeness (QED) is 0.684. The molecule has 0 amide bonds. The van der Waals surface area contributed by atoms with Crippen LogP contribution in [0.4, 0.5) is 0 Å². The van der Waals surface area contributed by atoms with Crippen molar-refractivity contribution in [3.8, 4) is 6.07 Å². The highest BCUT2D eigenvalue weighted by molar-refractivity contribution is 5.07. The van der Waals surface area contributed by atoms with Crippen molar-refractivity contribution in [3.05, 3.63) is 0 Å². The Morgan fingerprint density at radius 3 is 2.75 bits per heavy atom. The van der Waals surface area contributed by atoms with E-state index in [2.05, 4.69) is 13.0 Å². The van der Waals surface area contributed by atoms with Gasteiger partial charge in [-0.25, -0.2) is 0 Å². The van der Waals surface area contributed by atoms with Crippen LogP contribution in [0.5, 0.6) is 0 Å². The van der Waals surface area contributed by atoms with Crippen molar-refractivity contribution in [1.29, 1.82) is 5.26 Å². The highest BCUT2D eigenvalue weighted by Crippen LogP contribution is 2.44. The van der Waals surface area contributed by atoms with Crippen LogP contribution in [0, 0.1) is 22.7 Å². The van der Waals surface area contributed by atoms with Crippen molar-refractivity contribution in [2.45, 2.75) is 45.6 Å². The molecule has 68 valence electrons. The predicted octanol–water partition coefficient (Wildman–Crippen LogP) is 2.09. The molecule has 0 aromatic rings. The van der Waals surface area contributed by atoms with Crippen LogP contribution in [0.3, 0.4) is 0 Å². The maximum absolute atomic E-state index is 9.70. The fourth-order valence-corrected chi connectivity index (χ4v) is 2.20. The Hall–Kier alpha value is -0.550. The van der Waals surface area contributed by atoms with Crippen molar-refractivity contribution in [2.24, 2.45) is 11.3 Å². The number of nitrogens with zero attached hydrogens (tertiary/aromatic N) is 1. The normalized spacial score (nSPS) is 37.7. The lowest BCUT2D eigenvalue weighted by Gasteiger charge is -2.26. The highest BCUT2D eigenvalue weighted by Gasteiger charge is 2.42. The Labute approximate surface area is 74.2 Å². The molecule has 1 fully saturated rings. The minimum Gasteiger partial charge on any atom is -0.391 e. The van der Waals surface area contributed by atoms with Crippen molar-refractivity contribution in [2.75, 3.05) is 0 Å². The van der Waals surface area contributed by atoms with Gasteiger partial charge in [0.1, 0.15) is 0 Å². The summed E-state index contributed by atoms with van der Waals surface area (Å²) in [4.78, 5) is 0. The third-order valence-corrected chi connectivity index (χ3v) is 3.04. The average molecular weight is 167 g/mol. The van der Waals surface area contributed by atoms with E-state index in [4.69, 9.17) is 5.26 Å². The van der Waals surface area contributed by atoms with E-state index in [-0.39, 0.29) is 0 Å². The lowest BCUT2D eigenvalue weighted by atomic mass is 9.80. The van der Waals surface area contributed by atoms with Crippen LogP contribution in [0.2, 0.25) is 0 Å². The second-order valence-electron chi connectivity index (χ2n) is 4.04. The molecule has 0 aliphatic heterocycles. The first-order valence-corrected chi connectivity index (χ1v) is 4.74. The van der Waals surface area contributed by atoms with Gasteiger partial charge in [-0.3, -0.25) is 0 Å². The molecule has 1 aliphatic carbocycles. The number of aliphatic hydroxyl groups excluding tert-OH is 1. The van der Waals surface area contributed by atoms with Gasteiger partial charge in [0, 0.05) is 0 Å². The molecular formula is C10H17NO. The molecule has 0 radical (unpaired) electrons. The Bertz CT molecular complexity index is 197. The Kier molecular flexibility index (Phi) is 2.74. The molecule has 0 bridgehead atoms. The number of rotatable bonds is 2. The summed E-state index contributed by atoms with van der Waals surface area (Å²) in [5, 5.41) is 18.7. The summed E-state index contributed by atoms with van der Waals surface area (Å²) in [5.74, 6) is 0.603. The third kappa shape index (κ3) is 1.47. The average Bonchev–Trinajstić information content (AvgIpc) is 2.47. The molecule has 1 N–H and O–H groups in total. The number of aliphatic hydroxyl groups is 1. The molecule has 2 heteroatoms. The summed E-state index contributed by atoms with van der Waals surface area (Å²) in [6.45, 7) is 4.09. The van der Waals surface area contributed by atoms with E-state index in [0.717, 1.165) is 19.3 Å². The molecule has 0 saturated heterocycles. The largest absolute Gasteiger partial charge is 0.391 e. The van der Waals surface area contributed by atoms with Gasteiger partial charge in [-0.15, -0.1) is 0 Å². The maximum atomic E-state index is 9.70. The van der Waals surface area contributed by atoms with E-state index in [1.165, 1.54) is 0 Å². The van der Waals surface area contributed by atoms with E-state index < -0.39 is 11.5 Å². The van der Waals surface area contributed by atoms with Gasteiger partial charge in [0.25, 0.3) is 0 Å². The van der Waals surface area contributed by atoms with Crippen LogP contribution in [0.25, 0.3) is 0 Å². The summed E-state index contributed by atoms with van der Waals surface area (Å²) in [5.41, 5.74) is -0.422. The zero-order valence-electron chi connectivity index (χ0n) is 7.88. The number of nitriles is 1. The molecule has 0 heterocycles. The van der Waals surface area contributed by atoms with E-state index in [1.54, 1.807) is 0 Å². The summed E-state index contributed by atoms with van der Waals surface area (Å²) in [7, 11) is 0. The van der Waals surface area contributed by atoms with Crippen LogP contribution < -0.4 is 0 Å². The zero-order chi connectivity index (χ0) is 9.19. The summed E-state index contributed by atoms with van der Waals surface area (Å²) < 4.78 is 0. The SMILES string of the molecule is CCC(O)C1(C#N)CCC(C)C1. The van der Waals surface area contributed by atoms with Crippen molar-refractivity contribution < 1.29 is 5.11 Å². The molecule has 1 saturated carbocycles. The predicted molar refractivity (Wildman–Crippen MR) is 47.4 cm³/mol. The highest BCUT2D eigenvalue weighted by atomic mass is 16.3. The molecule has 0 spiro atoms. The molecule has 0 aromatic heterocycles. The lowest BCUT2D eigenvalue weighted by molar-refractivity contribution is 0.0620. The van der Waals surface area contributed by atoms with Crippen molar-refractivity contribution in [1.82, 2.24) is 0 Å². The van der Waals surface area contributed by atoms with Crippen molar-refractivity contribution in [3.63, 3.8) is 0 Å². The first-order valence-electron chi connectivity index (χ1n) is 4.74. The van der Waals surface area contributed by atoms with E-state index in [1.807, 2.05) is 6.92 Å². The molecule has 3 unspecified atom stereocenters. The molecule has 2 nitrogen and oxygen atoms in total. The minimum atomic E-state index is -0.424. The van der Waals surface area contributed by atoms with Gasteiger partial charge in [-0.2, -0.15) is 5.26 Å². The molecular weight excluding hydrogens is 150 g/mol. The smallest absolute Gasteiger partial charge is 0.0834 e. The van der Waals surface area contributed by atoms with Gasteiger partial charge in [-0.1, -0.05) is 13.8 Å². The Morgan fingerprint density at radius 1 is 1.75 bits per heavy atom. The zero-order valence-corrected chi connectivity index (χ0v) is 7.88. The standard InChI is InChI=1S/C10H17NO/c1-3-9(12)10(7-11)5-4-8(2)6-10/h8-9,12H,3-6H2,1-2H3. The molecule has 1 aliphatic rings. The third-order valence-electron chi connectivity index (χ3n) is 3.04. The summed E-state index contributed by atoms with van der Waals surface area (Å²) >= 11 is 0. The van der Waals surface area contributed by atoms with Gasteiger partial charge in [0.15, 0.2) is 0 Å². The van der Waals surface area contributed by atoms with Gasteiger partial charge < -0.3 is 5.11 Å². The number of hydrogen-bond donors (Lipinski definition) is 1. The van der Waals surface area contributed by atoms with Gasteiger partial charge >= 0.3 is 0 Å². The topological polar surface area (TPSA) is 44.0 Å². The first kappa shape index (κ1) is 9.54. The molecule has 0 aromatic carbocycles. The fourth-order valence-electron chi connectivity index (χ4n) is 2.20. The minimum absolute atomic E-state index is 0.422. The van der Waals surface area contributed by atoms with Crippen LogP contribution in [-0.2, 0) is 0 Å². The van der Waals surface area contributed by atoms with Crippen LogP contribution in [0.1, 0.15) is 39.5 Å². The van der Waals surface area contributed by atoms with Gasteiger partial charge in [0.05, 0.1) is 17.6 Å². The van der Waals surface area contributed by atoms with Crippen LogP contribution in [-0.4, -0.2) is 11.2 Å². The van der Waals surface area contributed by atoms with E-state index >= 15 is 0 Å². The molecule has 12 heavy (non-hydrogen) atoms.